The number of nitrogens with one attached hydrogen (secondary N) is 1. The largest absolute Gasteiger partial charge is 0.465 e. The smallest absolute Gasteiger partial charge is 0.407 e. The minimum atomic E-state index is -1.19. The van der Waals surface area contributed by atoms with Gasteiger partial charge in [0.1, 0.15) is 5.54 Å². The molecule has 1 aromatic carbocycles. The summed E-state index contributed by atoms with van der Waals surface area (Å²) in [4.78, 5) is 41.9. The average Bonchev–Trinajstić information content (AvgIpc) is 3.38. The minimum Gasteiger partial charge on any atom is -0.465 e. The Kier molecular flexibility index (Phi) is 6.01. The highest BCUT2D eigenvalue weighted by atomic mass is 35.5. The molecule has 2 saturated heterocycles. The fraction of sp³-hybridized carbons (Fsp3) is 0.625. The van der Waals surface area contributed by atoms with Gasteiger partial charge in [-0.05, 0) is 49.8 Å². The van der Waals surface area contributed by atoms with Crippen molar-refractivity contribution in [1.29, 1.82) is 0 Å². The Morgan fingerprint density at radius 3 is 2.44 bits per heavy atom. The zero-order chi connectivity index (χ0) is 23.3. The molecule has 2 aliphatic heterocycles. The molecule has 0 unspecified atom stereocenters. The number of piperidine rings is 1. The highest BCUT2D eigenvalue weighted by molar-refractivity contribution is 6.31. The molecule has 174 valence electrons. The van der Waals surface area contributed by atoms with Crippen molar-refractivity contribution in [2.24, 2.45) is 11.3 Å². The second-order valence-electron chi connectivity index (χ2n) is 9.95. The molecule has 0 bridgehead atoms. The molecule has 4 rings (SSSR count). The van der Waals surface area contributed by atoms with Gasteiger partial charge in [0.25, 0.3) is 0 Å². The molecule has 32 heavy (non-hydrogen) atoms. The van der Waals surface area contributed by atoms with E-state index >= 15 is 0 Å². The number of amides is 2. The molecular formula is C24H32ClN3O4. The first kappa shape index (κ1) is 23.1. The Morgan fingerprint density at radius 1 is 1.22 bits per heavy atom. The van der Waals surface area contributed by atoms with Gasteiger partial charge in [0.15, 0.2) is 5.78 Å². The van der Waals surface area contributed by atoms with Crippen molar-refractivity contribution in [3.05, 3.63) is 34.3 Å². The third kappa shape index (κ3) is 3.79. The van der Waals surface area contributed by atoms with Crippen LogP contribution < -0.4 is 5.32 Å². The SMILES string of the molecule is Cc1cc([C@H]2CNC[C@]2(C(=O)C2CCN(C(=O)C3(C)CC3)CC2)N(C)C(=O)O)ccc1Cl. The van der Waals surface area contributed by atoms with Crippen LogP contribution in [0.5, 0.6) is 0 Å². The number of benzene rings is 1. The van der Waals surface area contributed by atoms with Crippen molar-refractivity contribution < 1.29 is 19.5 Å². The van der Waals surface area contributed by atoms with Crippen molar-refractivity contribution in [2.75, 3.05) is 33.2 Å². The summed E-state index contributed by atoms with van der Waals surface area (Å²) in [5.41, 5.74) is 0.406. The number of hydrogen-bond acceptors (Lipinski definition) is 4. The number of hydrogen-bond donors (Lipinski definition) is 2. The number of nitrogens with zero attached hydrogens (tertiary/aromatic N) is 2. The monoisotopic (exact) mass is 461 g/mol. The number of Topliss-reactive ketones (excluding diaryl/α,β-unsaturated/α-hetero) is 1. The molecule has 0 radical (unpaired) electrons. The Balaban J connectivity index is 1.60. The van der Waals surface area contributed by atoms with Crippen LogP contribution in [-0.2, 0) is 9.59 Å². The van der Waals surface area contributed by atoms with Crippen molar-refractivity contribution >= 4 is 29.4 Å². The lowest BCUT2D eigenvalue weighted by atomic mass is 9.72. The second kappa shape index (κ2) is 8.34. The zero-order valence-corrected chi connectivity index (χ0v) is 19.7. The number of likely N-dealkylation sites (N-methyl/N-ethyl adjacent to an activating group) is 1. The first-order chi connectivity index (χ1) is 15.1. The van der Waals surface area contributed by atoms with E-state index in [-0.39, 0.29) is 35.5 Å². The van der Waals surface area contributed by atoms with Crippen LogP contribution >= 0.6 is 11.6 Å². The number of carbonyl (C=O) groups is 3. The molecule has 2 N–H and O–H groups in total. The van der Waals surface area contributed by atoms with Gasteiger partial charge in [0, 0.05) is 55.5 Å². The molecule has 2 atom stereocenters. The summed E-state index contributed by atoms with van der Waals surface area (Å²) in [6.45, 7) is 5.81. The highest BCUT2D eigenvalue weighted by Crippen LogP contribution is 2.47. The number of aryl methyl sites for hydroxylation is 1. The summed E-state index contributed by atoms with van der Waals surface area (Å²) in [5, 5.41) is 13.8. The molecule has 3 aliphatic rings. The molecule has 3 fully saturated rings. The number of ketones is 1. The third-order valence-electron chi connectivity index (χ3n) is 7.89. The fourth-order valence-corrected chi connectivity index (χ4v) is 5.52. The average molecular weight is 462 g/mol. The van der Waals surface area contributed by atoms with E-state index in [4.69, 9.17) is 11.6 Å². The Hall–Kier alpha value is -2.12. The van der Waals surface area contributed by atoms with E-state index in [0.29, 0.717) is 37.5 Å². The van der Waals surface area contributed by atoms with Crippen molar-refractivity contribution in [3.63, 3.8) is 0 Å². The summed E-state index contributed by atoms with van der Waals surface area (Å²) < 4.78 is 0. The molecule has 2 amide bonds. The molecule has 1 aliphatic carbocycles. The number of carboxylic acid groups (broad SMARTS) is 1. The number of likely N-dealkylation sites (tertiary alicyclic amines) is 1. The Morgan fingerprint density at radius 2 is 1.88 bits per heavy atom. The van der Waals surface area contributed by atoms with Gasteiger partial charge >= 0.3 is 6.09 Å². The van der Waals surface area contributed by atoms with Gasteiger partial charge in [-0.25, -0.2) is 4.79 Å². The van der Waals surface area contributed by atoms with Gasteiger partial charge < -0.3 is 15.3 Å². The molecular weight excluding hydrogens is 430 g/mol. The van der Waals surface area contributed by atoms with E-state index in [0.717, 1.165) is 24.0 Å². The van der Waals surface area contributed by atoms with E-state index in [1.165, 1.54) is 11.9 Å². The van der Waals surface area contributed by atoms with Crippen LogP contribution in [0.15, 0.2) is 18.2 Å². The molecule has 7 nitrogen and oxygen atoms in total. The number of halogens is 1. The maximum absolute atomic E-state index is 14.0. The highest BCUT2D eigenvalue weighted by Gasteiger charge is 2.56. The summed E-state index contributed by atoms with van der Waals surface area (Å²) in [7, 11) is 1.50. The summed E-state index contributed by atoms with van der Waals surface area (Å²) in [6, 6.07) is 5.65. The van der Waals surface area contributed by atoms with Crippen LogP contribution in [0.4, 0.5) is 4.79 Å². The molecule has 8 heteroatoms. The van der Waals surface area contributed by atoms with Gasteiger partial charge in [-0.15, -0.1) is 0 Å². The number of carbonyl (C=O) groups excluding carboxylic acids is 2. The predicted molar refractivity (Wildman–Crippen MR) is 122 cm³/mol. The molecule has 0 spiro atoms. The normalized spacial score (nSPS) is 27.2. The van der Waals surface area contributed by atoms with Crippen LogP contribution in [0, 0.1) is 18.3 Å². The van der Waals surface area contributed by atoms with Gasteiger partial charge in [-0.3, -0.25) is 14.5 Å². The molecule has 1 saturated carbocycles. The first-order valence-electron chi connectivity index (χ1n) is 11.4. The van der Waals surface area contributed by atoms with Crippen molar-refractivity contribution in [2.45, 2.75) is 51.0 Å². The quantitative estimate of drug-likeness (QED) is 0.702. The van der Waals surface area contributed by atoms with Crippen LogP contribution in [0.25, 0.3) is 0 Å². The van der Waals surface area contributed by atoms with Gasteiger partial charge in [0.05, 0.1) is 0 Å². The molecule has 2 heterocycles. The predicted octanol–water partition coefficient (Wildman–Crippen LogP) is 3.29. The van der Waals surface area contributed by atoms with Gasteiger partial charge in [0.2, 0.25) is 5.91 Å². The topological polar surface area (TPSA) is 90.0 Å². The fourth-order valence-electron chi connectivity index (χ4n) is 5.41. The van der Waals surface area contributed by atoms with Crippen molar-refractivity contribution in [1.82, 2.24) is 15.1 Å². The molecule has 1 aromatic rings. The zero-order valence-electron chi connectivity index (χ0n) is 19.0. The lowest BCUT2D eigenvalue weighted by molar-refractivity contribution is -0.142. The lowest BCUT2D eigenvalue weighted by Gasteiger charge is -2.43. The minimum absolute atomic E-state index is 0.0465. The van der Waals surface area contributed by atoms with E-state index in [2.05, 4.69) is 5.32 Å². The van der Waals surface area contributed by atoms with Crippen LogP contribution in [0.3, 0.4) is 0 Å². The second-order valence-corrected chi connectivity index (χ2v) is 10.4. The standard InChI is InChI=1S/C24H32ClN3O4/c1-15-12-17(4-5-19(15)25)18-13-26-14-24(18,27(3)22(31)32)20(29)16-6-10-28(11-7-16)21(30)23(2)8-9-23/h4-5,12,16,18,26H,6-11,13-14H2,1-3H3,(H,31,32)/t18-,24+/m1/s1. The third-order valence-corrected chi connectivity index (χ3v) is 8.31. The van der Waals surface area contributed by atoms with E-state index < -0.39 is 11.6 Å². The number of rotatable bonds is 5. The van der Waals surface area contributed by atoms with Gasteiger partial charge in [-0.1, -0.05) is 30.7 Å². The molecule has 0 aromatic heterocycles. The van der Waals surface area contributed by atoms with Crippen LogP contribution in [0.1, 0.15) is 49.7 Å². The van der Waals surface area contributed by atoms with E-state index in [1.807, 2.05) is 36.9 Å². The lowest BCUT2D eigenvalue weighted by Crippen LogP contribution is -2.62. The summed E-state index contributed by atoms with van der Waals surface area (Å²) in [5.74, 6) is -0.437. The Labute approximate surface area is 194 Å². The maximum atomic E-state index is 14.0. The maximum Gasteiger partial charge on any atom is 0.407 e. The van der Waals surface area contributed by atoms with E-state index in [1.54, 1.807) is 0 Å². The summed E-state index contributed by atoms with van der Waals surface area (Å²) in [6.07, 6.45) is 1.90. The van der Waals surface area contributed by atoms with Crippen LogP contribution in [-0.4, -0.2) is 71.5 Å². The van der Waals surface area contributed by atoms with Gasteiger partial charge in [-0.2, -0.15) is 0 Å². The van der Waals surface area contributed by atoms with Crippen molar-refractivity contribution in [3.8, 4) is 0 Å². The van der Waals surface area contributed by atoms with E-state index in [9.17, 15) is 19.5 Å². The van der Waals surface area contributed by atoms with Crippen LogP contribution in [0.2, 0.25) is 5.02 Å². The first-order valence-corrected chi connectivity index (χ1v) is 11.7. The Bertz CT molecular complexity index is 939. The summed E-state index contributed by atoms with van der Waals surface area (Å²) >= 11 is 6.21.